The number of hydrogen-bond acceptors (Lipinski definition) is 9. The van der Waals surface area contributed by atoms with Crippen molar-refractivity contribution in [1.82, 2.24) is 14.9 Å². The molecule has 0 radical (unpaired) electrons. The first-order chi connectivity index (χ1) is 16.3. The first kappa shape index (κ1) is 21.8. The first-order valence-electron chi connectivity index (χ1n) is 11.0. The highest BCUT2D eigenvalue weighted by Crippen LogP contribution is 2.29. The van der Waals surface area contributed by atoms with Gasteiger partial charge < -0.3 is 9.47 Å². The van der Waals surface area contributed by atoms with Crippen LogP contribution in [-0.4, -0.2) is 59.4 Å². The summed E-state index contributed by atoms with van der Waals surface area (Å²) in [6.07, 6.45) is 5.09. The van der Waals surface area contributed by atoms with Gasteiger partial charge in [-0.05, 0) is 17.2 Å². The van der Waals surface area contributed by atoms with Crippen molar-refractivity contribution in [2.75, 3.05) is 26.3 Å². The maximum absolute atomic E-state index is 9.82. The summed E-state index contributed by atoms with van der Waals surface area (Å²) in [7, 11) is 0. The normalized spacial score (nSPS) is 19.8. The average Bonchev–Trinajstić information content (AvgIpc) is 3.29. The summed E-state index contributed by atoms with van der Waals surface area (Å²) in [6.45, 7) is 4.90. The van der Waals surface area contributed by atoms with E-state index in [1.54, 1.807) is 18.6 Å². The van der Waals surface area contributed by atoms with Crippen LogP contribution in [0.5, 0.6) is 0 Å². The minimum absolute atomic E-state index is 0.403. The van der Waals surface area contributed by atoms with Gasteiger partial charge in [-0.1, -0.05) is 24.3 Å². The Morgan fingerprint density at radius 2 is 2.00 bits per heavy atom. The Bertz CT molecular complexity index is 1160. The predicted molar refractivity (Wildman–Crippen MR) is 127 cm³/mol. The molecule has 2 unspecified atom stereocenters. The van der Waals surface area contributed by atoms with E-state index in [0.29, 0.717) is 13.0 Å². The van der Waals surface area contributed by atoms with Gasteiger partial charge >= 0.3 is 0 Å². The van der Waals surface area contributed by atoms with Crippen molar-refractivity contribution >= 4 is 33.5 Å². The van der Waals surface area contributed by atoms with Crippen LogP contribution in [0.3, 0.4) is 0 Å². The van der Waals surface area contributed by atoms with Crippen LogP contribution in [0.25, 0.3) is 10.2 Å². The van der Waals surface area contributed by atoms with Crippen LogP contribution >= 0.6 is 11.3 Å². The smallest absolute Gasteiger partial charge is 0.245 e. The maximum atomic E-state index is 9.82. The van der Waals surface area contributed by atoms with Gasteiger partial charge in [0.25, 0.3) is 0 Å². The predicted octanol–water partition coefficient (Wildman–Crippen LogP) is 3.55. The summed E-state index contributed by atoms with van der Waals surface area (Å²) in [5.41, 5.74) is 3.87. The van der Waals surface area contributed by atoms with Gasteiger partial charge in [0.15, 0.2) is 0 Å². The second-order valence-electron chi connectivity index (χ2n) is 7.96. The van der Waals surface area contributed by atoms with Crippen LogP contribution in [-0.2, 0) is 22.6 Å². The van der Waals surface area contributed by atoms with Crippen LogP contribution in [0.1, 0.15) is 28.5 Å². The number of nitriles is 1. The van der Waals surface area contributed by atoms with E-state index in [1.807, 2.05) is 6.07 Å². The molecule has 8 nitrogen and oxygen atoms in total. The maximum Gasteiger partial charge on any atom is 0.245 e. The Labute approximate surface area is 196 Å². The molecule has 4 heterocycles. The lowest BCUT2D eigenvalue weighted by molar-refractivity contribution is 0.0341. The highest BCUT2D eigenvalue weighted by molar-refractivity contribution is 7.18. The number of nitrogens with zero attached hydrogens (tertiary/aromatic N) is 6. The zero-order chi connectivity index (χ0) is 22.5. The van der Waals surface area contributed by atoms with E-state index in [0.717, 1.165) is 59.3 Å². The number of aromatic nitrogens is 2. The largest absolute Gasteiger partial charge is 0.379 e. The van der Waals surface area contributed by atoms with Crippen molar-refractivity contribution in [2.45, 2.75) is 31.8 Å². The van der Waals surface area contributed by atoms with Crippen molar-refractivity contribution in [2.24, 2.45) is 9.98 Å². The minimum Gasteiger partial charge on any atom is -0.379 e. The molecule has 0 amide bonds. The van der Waals surface area contributed by atoms with Crippen LogP contribution in [0.15, 0.2) is 52.7 Å². The fourth-order valence-electron chi connectivity index (χ4n) is 3.86. The second-order valence-corrected chi connectivity index (χ2v) is 9.02. The van der Waals surface area contributed by atoms with Gasteiger partial charge in [0.2, 0.25) is 6.35 Å². The zero-order valence-electron chi connectivity index (χ0n) is 18.1. The molecule has 2 aliphatic heterocycles. The molecule has 0 bridgehead atoms. The van der Waals surface area contributed by atoms with Crippen molar-refractivity contribution in [1.29, 1.82) is 5.26 Å². The number of aliphatic imine (C=N–C) groups is 2. The van der Waals surface area contributed by atoms with E-state index in [-0.39, 0.29) is 0 Å². The number of pyridine rings is 1. The summed E-state index contributed by atoms with van der Waals surface area (Å²) in [5.74, 6) is -0.514. The molecule has 1 saturated heterocycles. The Morgan fingerprint density at radius 1 is 1.18 bits per heavy atom. The van der Waals surface area contributed by atoms with Gasteiger partial charge in [-0.25, -0.2) is 15.0 Å². The van der Waals surface area contributed by atoms with Crippen LogP contribution < -0.4 is 0 Å². The van der Waals surface area contributed by atoms with E-state index >= 15 is 0 Å². The molecule has 1 aromatic carbocycles. The number of rotatable bonds is 7. The molecule has 2 aliphatic rings. The Hall–Kier alpha value is -3.03. The van der Waals surface area contributed by atoms with Gasteiger partial charge in [-0.3, -0.25) is 9.88 Å². The molecule has 2 aromatic heterocycles. The van der Waals surface area contributed by atoms with Crippen molar-refractivity contribution in [3.63, 3.8) is 0 Å². The molecule has 168 valence electrons. The highest BCUT2D eigenvalue weighted by atomic mass is 32.1. The molecule has 0 spiro atoms. The zero-order valence-corrected chi connectivity index (χ0v) is 18.9. The van der Waals surface area contributed by atoms with E-state index in [2.05, 4.69) is 55.2 Å². The number of fused-ring (bicyclic) bond motifs is 1. The van der Waals surface area contributed by atoms with E-state index in [9.17, 15) is 5.26 Å². The quantitative estimate of drug-likeness (QED) is 0.535. The molecule has 9 heteroatoms. The molecule has 2 atom stereocenters. The third kappa shape index (κ3) is 5.31. The lowest BCUT2D eigenvalue weighted by Gasteiger charge is -2.26. The summed E-state index contributed by atoms with van der Waals surface area (Å²) < 4.78 is 12.4. The lowest BCUT2D eigenvalue weighted by Crippen LogP contribution is -2.35. The van der Waals surface area contributed by atoms with Gasteiger partial charge in [0.1, 0.15) is 10.9 Å². The third-order valence-corrected chi connectivity index (χ3v) is 6.76. The monoisotopic (exact) mass is 460 g/mol. The van der Waals surface area contributed by atoms with Crippen molar-refractivity contribution in [3.8, 4) is 6.07 Å². The number of ether oxygens (including phenoxy) is 2. The average molecular weight is 461 g/mol. The highest BCUT2D eigenvalue weighted by Gasteiger charge is 2.25. The van der Waals surface area contributed by atoms with Crippen LogP contribution in [0.4, 0.5) is 0 Å². The minimum atomic E-state index is -0.645. The molecule has 0 saturated carbocycles. The van der Waals surface area contributed by atoms with Gasteiger partial charge in [0, 0.05) is 44.2 Å². The van der Waals surface area contributed by atoms with Gasteiger partial charge in [-0.2, -0.15) is 5.26 Å². The Kier molecular flexibility index (Phi) is 6.79. The number of thiazole rings is 1. The van der Waals surface area contributed by atoms with Crippen molar-refractivity contribution < 1.29 is 9.47 Å². The molecule has 33 heavy (non-hydrogen) atoms. The number of hydrogen-bond donors (Lipinski definition) is 0. The van der Waals surface area contributed by atoms with Crippen LogP contribution in [0.2, 0.25) is 0 Å². The first-order valence-corrected chi connectivity index (χ1v) is 11.8. The molecular weight excluding hydrogens is 436 g/mol. The summed E-state index contributed by atoms with van der Waals surface area (Å²) in [4.78, 5) is 20.1. The summed E-state index contributed by atoms with van der Waals surface area (Å²) >= 11 is 1.50. The van der Waals surface area contributed by atoms with Gasteiger partial charge in [0.05, 0.1) is 42.3 Å². The molecule has 5 rings (SSSR count). The lowest BCUT2D eigenvalue weighted by atomic mass is 10.0. The molecule has 0 aliphatic carbocycles. The molecular formula is C24H24N6O2S. The van der Waals surface area contributed by atoms with Crippen molar-refractivity contribution in [3.05, 3.63) is 58.9 Å². The number of benzene rings is 1. The SMILES string of the molecule is N#CC(C1=NC(OCc2ccc(CN3CCOCC3)cc2)N=CC1)c1nc2cnccc2s1. The van der Waals surface area contributed by atoms with Crippen LogP contribution in [0, 0.1) is 11.3 Å². The summed E-state index contributed by atoms with van der Waals surface area (Å²) in [5, 5.41) is 10.5. The van der Waals surface area contributed by atoms with E-state index in [1.165, 1.54) is 16.9 Å². The Balaban J connectivity index is 1.21. The third-order valence-electron chi connectivity index (χ3n) is 5.66. The molecule has 3 aromatic rings. The van der Waals surface area contributed by atoms with E-state index in [4.69, 9.17) is 9.47 Å². The Morgan fingerprint density at radius 3 is 2.79 bits per heavy atom. The fourth-order valence-corrected chi connectivity index (χ4v) is 4.87. The van der Waals surface area contributed by atoms with E-state index < -0.39 is 12.3 Å². The topological polar surface area (TPSA) is 96.0 Å². The second kappa shape index (κ2) is 10.3. The van der Waals surface area contributed by atoms with Gasteiger partial charge in [-0.15, -0.1) is 11.3 Å². The molecule has 0 N–H and O–H groups in total. The fraction of sp³-hybridized carbons (Fsp3) is 0.375. The summed E-state index contributed by atoms with van der Waals surface area (Å²) in [6, 6.07) is 12.7. The number of morpholine rings is 1. The standard InChI is InChI=1S/C24H24N6O2S/c25-13-19(23-28-21-14-26-7-6-22(21)33-23)20-5-8-27-24(29-20)32-16-18-3-1-17(2-4-18)15-30-9-11-31-12-10-30/h1-4,6-8,14,19,24H,5,9-12,15-16H2. The molecule has 1 fully saturated rings.